The van der Waals surface area contributed by atoms with Crippen LogP contribution in [-0.4, -0.2) is 16.3 Å². The highest BCUT2D eigenvalue weighted by atomic mass is 16.5. The molecule has 0 bridgehead atoms. The molecule has 1 aromatic heterocycles. The Bertz CT molecular complexity index is 513. The van der Waals surface area contributed by atoms with Gasteiger partial charge in [0.25, 0.3) is 0 Å². The first-order valence-electron chi connectivity index (χ1n) is 6.14. The quantitative estimate of drug-likeness (QED) is 0.696. The van der Waals surface area contributed by atoms with E-state index < -0.39 is 0 Å². The molecule has 1 aromatic rings. The lowest BCUT2D eigenvalue weighted by Gasteiger charge is -2.13. The smallest absolute Gasteiger partial charge is 0.308 e. The van der Waals surface area contributed by atoms with E-state index in [1.807, 2.05) is 0 Å². The molecule has 0 atom stereocenters. The number of carbonyl (C=O) groups is 2. The van der Waals surface area contributed by atoms with Crippen molar-refractivity contribution >= 4 is 11.8 Å². The number of esters is 1. The van der Waals surface area contributed by atoms with E-state index >= 15 is 0 Å². The number of fused-ring (bicyclic) bond motifs is 3. The van der Waals surface area contributed by atoms with Gasteiger partial charge in [-0.2, -0.15) is 0 Å². The van der Waals surface area contributed by atoms with Crippen LogP contribution in [0.15, 0.2) is 0 Å². The van der Waals surface area contributed by atoms with E-state index in [0.717, 1.165) is 43.6 Å². The molecule has 4 heteroatoms. The number of Topliss-reactive ketones (excluding diaryl/α,β-unsaturated/α-hetero) is 1. The van der Waals surface area contributed by atoms with Gasteiger partial charge in [-0.15, -0.1) is 0 Å². The van der Waals surface area contributed by atoms with Crippen LogP contribution in [0.5, 0.6) is 5.75 Å². The summed E-state index contributed by atoms with van der Waals surface area (Å²) >= 11 is 0. The van der Waals surface area contributed by atoms with E-state index in [9.17, 15) is 9.59 Å². The van der Waals surface area contributed by atoms with Crippen LogP contribution in [0, 0.1) is 0 Å². The van der Waals surface area contributed by atoms with Crippen LogP contribution >= 0.6 is 0 Å². The molecule has 0 amide bonds. The third kappa shape index (κ3) is 1.51. The van der Waals surface area contributed by atoms with Crippen LogP contribution < -0.4 is 4.74 Å². The molecule has 17 heavy (non-hydrogen) atoms. The number of rotatable bonds is 1. The Morgan fingerprint density at radius 3 is 2.71 bits per heavy atom. The molecule has 0 aromatic carbocycles. The fourth-order valence-electron chi connectivity index (χ4n) is 2.96. The summed E-state index contributed by atoms with van der Waals surface area (Å²) < 4.78 is 7.47. The predicted molar refractivity (Wildman–Crippen MR) is 61.3 cm³/mol. The van der Waals surface area contributed by atoms with Crippen molar-refractivity contribution in [2.24, 2.45) is 0 Å². The molecule has 1 aliphatic heterocycles. The summed E-state index contributed by atoms with van der Waals surface area (Å²) in [7, 11) is 0. The number of aromatic nitrogens is 1. The number of hydrogen-bond donors (Lipinski definition) is 0. The Morgan fingerprint density at radius 2 is 1.94 bits per heavy atom. The number of nitrogens with zero attached hydrogens (tertiary/aromatic N) is 1. The van der Waals surface area contributed by atoms with Gasteiger partial charge < -0.3 is 9.30 Å². The number of ketones is 1. The fraction of sp³-hybridized carbons (Fsp3) is 0.538. The highest BCUT2D eigenvalue weighted by Crippen LogP contribution is 2.39. The zero-order valence-electron chi connectivity index (χ0n) is 9.91. The monoisotopic (exact) mass is 233 g/mol. The minimum atomic E-state index is -0.341. The van der Waals surface area contributed by atoms with Crippen LogP contribution in [0.2, 0.25) is 0 Å². The maximum Gasteiger partial charge on any atom is 0.308 e. The predicted octanol–water partition coefficient (Wildman–Crippen LogP) is 1.88. The second-order valence-electron chi connectivity index (χ2n) is 4.72. The topological polar surface area (TPSA) is 48.3 Å². The summed E-state index contributed by atoms with van der Waals surface area (Å²) in [5.74, 6) is 0.338. The van der Waals surface area contributed by atoms with Gasteiger partial charge in [-0.25, -0.2) is 0 Å². The highest BCUT2D eigenvalue weighted by Gasteiger charge is 2.33. The number of ether oxygens (including phenoxy) is 1. The molecule has 0 N–H and O–H groups in total. The molecular weight excluding hydrogens is 218 g/mol. The second kappa shape index (κ2) is 3.72. The van der Waals surface area contributed by atoms with Crippen molar-refractivity contribution in [2.75, 3.05) is 0 Å². The summed E-state index contributed by atoms with van der Waals surface area (Å²) in [5.41, 5.74) is 2.81. The minimum Gasteiger partial charge on any atom is -0.424 e. The van der Waals surface area contributed by atoms with Gasteiger partial charge in [0.1, 0.15) is 0 Å². The van der Waals surface area contributed by atoms with Gasteiger partial charge in [0.2, 0.25) is 0 Å². The van der Waals surface area contributed by atoms with E-state index in [1.54, 1.807) is 0 Å². The van der Waals surface area contributed by atoms with Crippen molar-refractivity contribution in [2.45, 2.75) is 45.6 Å². The van der Waals surface area contributed by atoms with Crippen LogP contribution in [0.25, 0.3) is 0 Å². The molecular formula is C13H15NO3. The third-order valence-corrected chi connectivity index (χ3v) is 3.57. The summed E-state index contributed by atoms with van der Waals surface area (Å²) in [6, 6.07) is 0. The SMILES string of the molecule is CC(=O)Oc1c2c(n3c1CCC3)CCCC2=O. The van der Waals surface area contributed by atoms with Crippen LogP contribution in [0.4, 0.5) is 0 Å². The molecule has 0 spiro atoms. The van der Waals surface area contributed by atoms with Crippen LogP contribution in [0.1, 0.15) is 47.9 Å². The molecule has 4 nitrogen and oxygen atoms in total. The summed E-state index contributed by atoms with van der Waals surface area (Å²) in [4.78, 5) is 23.1. The Labute approximate surface area is 99.6 Å². The lowest BCUT2D eigenvalue weighted by Crippen LogP contribution is -2.14. The summed E-state index contributed by atoms with van der Waals surface area (Å²) in [6.45, 7) is 2.34. The van der Waals surface area contributed by atoms with Gasteiger partial charge in [0, 0.05) is 25.6 Å². The van der Waals surface area contributed by atoms with E-state index in [2.05, 4.69) is 4.57 Å². The molecule has 2 heterocycles. The average molecular weight is 233 g/mol. The fourth-order valence-corrected chi connectivity index (χ4v) is 2.96. The molecule has 0 fully saturated rings. The van der Waals surface area contributed by atoms with Crippen molar-refractivity contribution in [3.8, 4) is 5.75 Å². The summed E-state index contributed by atoms with van der Waals surface area (Å²) in [6.07, 6.45) is 4.39. The first kappa shape index (κ1) is 10.6. The second-order valence-corrected chi connectivity index (χ2v) is 4.72. The largest absolute Gasteiger partial charge is 0.424 e. The van der Waals surface area contributed by atoms with E-state index in [0.29, 0.717) is 17.7 Å². The third-order valence-electron chi connectivity index (χ3n) is 3.57. The van der Waals surface area contributed by atoms with E-state index in [-0.39, 0.29) is 11.8 Å². The van der Waals surface area contributed by atoms with Crippen LogP contribution in [-0.2, 0) is 24.2 Å². The molecule has 3 rings (SSSR count). The average Bonchev–Trinajstić information content (AvgIpc) is 2.82. The van der Waals surface area contributed by atoms with Gasteiger partial charge in [0.05, 0.1) is 11.3 Å². The van der Waals surface area contributed by atoms with Crippen molar-refractivity contribution in [3.63, 3.8) is 0 Å². The van der Waals surface area contributed by atoms with Gasteiger partial charge in [-0.1, -0.05) is 0 Å². The van der Waals surface area contributed by atoms with Crippen molar-refractivity contribution in [1.82, 2.24) is 4.57 Å². The standard InChI is InChI=1S/C13H15NO3/c1-8(15)17-13-10-5-3-7-14(10)9-4-2-6-11(16)12(9)13/h2-7H2,1H3. The van der Waals surface area contributed by atoms with Gasteiger partial charge in [-0.3, -0.25) is 9.59 Å². The first-order chi connectivity index (χ1) is 8.18. The molecule has 0 radical (unpaired) electrons. The first-order valence-corrected chi connectivity index (χ1v) is 6.14. The molecule has 0 saturated carbocycles. The van der Waals surface area contributed by atoms with Gasteiger partial charge >= 0.3 is 5.97 Å². The molecule has 90 valence electrons. The Kier molecular flexibility index (Phi) is 2.31. The van der Waals surface area contributed by atoms with Crippen molar-refractivity contribution in [3.05, 3.63) is 17.0 Å². The normalized spacial score (nSPS) is 17.8. The number of hydrogen-bond acceptors (Lipinski definition) is 3. The molecule has 0 saturated heterocycles. The maximum absolute atomic E-state index is 12.0. The van der Waals surface area contributed by atoms with Gasteiger partial charge in [0.15, 0.2) is 11.5 Å². The lowest BCUT2D eigenvalue weighted by atomic mass is 9.95. The number of carbonyl (C=O) groups excluding carboxylic acids is 2. The zero-order chi connectivity index (χ0) is 12.0. The van der Waals surface area contributed by atoms with Crippen LogP contribution in [0.3, 0.4) is 0 Å². The Morgan fingerprint density at radius 1 is 1.18 bits per heavy atom. The summed E-state index contributed by atoms with van der Waals surface area (Å²) in [5, 5.41) is 0. The van der Waals surface area contributed by atoms with E-state index in [4.69, 9.17) is 4.74 Å². The lowest BCUT2D eigenvalue weighted by molar-refractivity contribution is -0.131. The Balaban J connectivity index is 2.18. The molecule has 1 aliphatic carbocycles. The maximum atomic E-state index is 12.0. The minimum absolute atomic E-state index is 0.129. The van der Waals surface area contributed by atoms with Gasteiger partial charge in [-0.05, 0) is 25.7 Å². The molecule has 2 aliphatic rings. The zero-order valence-corrected chi connectivity index (χ0v) is 9.91. The highest BCUT2D eigenvalue weighted by molar-refractivity contribution is 6.02. The van der Waals surface area contributed by atoms with Crippen molar-refractivity contribution in [1.29, 1.82) is 0 Å². The Hall–Kier alpha value is -1.58. The van der Waals surface area contributed by atoms with Crippen molar-refractivity contribution < 1.29 is 14.3 Å². The van der Waals surface area contributed by atoms with E-state index in [1.165, 1.54) is 6.92 Å². The molecule has 0 unspecified atom stereocenters.